The molecule has 1 aromatic carbocycles. The van der Waals surface area contributed by atoms with Gasteiger partial charge in [0, 0.05) is 29.7 Å². The highest BCUT2D eigenvalue weighted by Crippen LogP contribution is 2.30. The maximum atomic E-state index is 5.40. The van der Waals surface area contributed by atoms with Crippen molar-refractivity contribution in [2.45, 2.75) is 20.0 Å². The zero-order valence-corrected chi connectivity index (χ0v) is 12.2. The highest BCUT2D eigenvalue weighted by Gasteiger charge is 2.08. The minimum Gasteiger partial charge on any atom is -0.493 e. The van der Waals surface area contributed by atoms with Gasteiger partial charge in [-0.25, -0.2) is 4.98 Å². The van der Waals surface area contributed by atoms with E-state index in [0.717, 1.165) is 35.2 Å². The molecule has 0 aliphatic rings. The van der Waals surface area contributed by atoms with Crippen LogP contribution in [0.25, 0.3) is 0 Å². The summed E-state index contributed by atoms with van der Waals surface area (Å²) in [6, 6.07) is 5.90. The Bertz CT molecular complexity index is 540. The van der Waals surface area contributed by atoms with Crippen molar-refractivity contribution in [3.63, 3.8) is 0 Å². The molecule has 1 aromatic heterocycles. The van der Waals surface area contributed by atoms with Crippen LogP contribution < -0.4 is 14.8 Å². The number of rotatable bonds is 6. The number of aromatic nitrogens is 1. The molecule has 0 unspecified atom stereocenters. The predicted molar refractivity (Wildman–Crippen MR) is 76.9 cm³/mol. The van der Waals surface area contributed by atoms with Crippen LogP contribution in [0, 0.1) is 6.92 Å². The van der Waals surface area contributed by atoms with Gasteiger partial charge in [0.2, 0.25) is 0 Å². The molecular formula is C14H18N2O2S. The van der Waals surface area contributed by atoms with E-state index >= 15 is 0 Å². The number of nitrogens with zero attached hydrogens (tertiary/aromatic N) is 1. The van der Waals surface area contributed by atoms with Crippen LogP contribution in [0.5, 0.6) is 11.5 Å². The summed E-state index contributed by atoms with van der Waals surface area (Å²) in [6.07, 6.45) is 1.91. The Kier molecular flexibility index (Phi) is 4.76. The van der Waals surface area contributed by atoms with Crippen molar-refractivity contribution in [2.24, 2.45) is 0 Å². The van der Waals surface area contributed by atoms with Gasteiger partial charge in [0.15, 0.2) is 11.5 Å². The van der Waals surface area contributed by atoms with Crippen LogP contribution in [-0.2, 0) is 13.1 Å². The molecule has 0 spiro atoms. The molecule has 4 nitrogen and oxygen atoms in total. The minimum atomic E-state index is 0.733. The molecular weight excluding hydrogens is 260 g/mol. The lowest BCUT2D eigenvalue weighted by Gasteiger charge is -2.12. The highest BCUT2D eigenvalue weighted by atomic mass is 32.1. The van der Waals surface area contributed by atoms with Crippen LogP contribution in [0.15, 0.2) is 24.4 Å². The van der Waals surface area contributed by atoms with Gasteiger partial charge in [0.05, 0.1) is 19.2 Å². The molecule has 102 valence electrons. The fourth-order valence-electron chi connectivity index (χ4n) is 1.90. The van der Waals surface area contributed by atoms with Gasteiger partial charge >= 0.3 is 0 Å². The van der Waals surface area contributed by atoms with E-state index in [1.165, 1.54) is 4.88 Å². The van der Waals surface area contributed by atoms with E-state index in [0.29, 0.717) is 0 Å². The first-order valence-corrected chi connectivity index (χ1v) is 6.88. The number of thiazole rings is 1. The average Bonchev–Trinajstić information content (AvgIpc) is 2.84. The van der Waals surface area contributed by atoms with Gasteiger partial charge in [-0.1, -0.05) is 12.1 Å². The third-order valence-electron chi connectivity index (χ3n) is 2.77. The number of para-hydroxylation sites is 1. The van der Waals surface area contributed by atoms with Gasteiger partial charge in [-0.3, -0.25) is 0 Å². The topological polar surface area (TPSA) is 43.4 Å². The molecule has 0 amide bonds. The number of aryl methyl sites for hydroxylation is 1. The van der Waals surface area contributed by atoms with Crippen LogP contribution in [0.3, 0.4) is 0 Å². The Morgan fingerprint density at radius 1 is 1.21 bits per heavy atom. The first-order chi connectivity index (χ1) is 9.24. The molecule has 0 aliphatic carbocycles. The Balaban J connectivity index is 1.99. The molecule has 5 heteroatoms. The van der Waals surface area contributed by atoms with E-state index in [9.17, 15) is 0 Å². The van der Waals surface area contributed by atoms with Crippen LogP contribution in [-0.4, -0.2) is 19.2 Å². The van der Waals surface area contributed by atoms with Gasteiger partial charge in [0.25, 0.3) is 0 Å². The maximum Gasteiger partial charge on any atom is 0.165 e. The van der Waals surface area contributed by atoms with Crippen molar-refractivity contribution in [3.8, 4) is 11.5 Å². The zero-order valence-electron chi connectivity index (χ0n) is 11.4. The number of hydrogen-bond donors (Lipinski definition) is 1. The van der Waals surface area contributed by atoms with Gasteiger partial charge in [-0.05, 0) is 13.0 Å². The first-order valence-electron chi connectivity index (χ1n) is 6.06. The quantitative estimate of drug-likeness (QED) is 0.882. The van der Waals surface area contributed by atoms with Crippen molar-refractivity contribution in [1.29, 1.82) is 0 Å². The lowest BCUT2D eigenvalue weighted by Crippen LogP contribution is -2.12. The molecule has 0 bridgehead atoms. The lowest BCUT2D eigenvalue weighted by molar-refractivity contribution is 0.350. The van der Waals surface area contributed by atoms with E-state index in [1.807, 2.05) is 31.3 Å². The smallest absolute Gasteiger partial charge is 0.165 e. The number of hydrogen-bond acceptors (Lipinski definition) is 5. The normalized spacial score (nSPS) is 10.5. The molecule has 0 radical (unpaired) electrons. The van der Waals surface area contributed by atoms with Crippen LogP contribution >= 0.6 is 11.3 Å². The summed E-state index contributed by atoms with van der Waals surface area (Å²) in [4.78, 5) is 5.47. The molecule has 1 heterocycles. The average molecular weight is 278 g/mol. The fraction of sp³-hybridized carbons (Fsp3) is 0.357. The molecule has 0 fully saturated rings. The van der Waals surface area contributed by atoms with Crippen LogP contribution in [0.4, 0.5) is 0 Å². The third-order valence-corrected chi connectivity index (χ3v) is 3.68. The SMILES string of the molecule is COc1cccc(CNCc2cnc(C)s2)c1OC. The summed E-state index contributed by atoms with van der Waals surface area (Å²) in [5.74, 6) is 1.55. The molecule has 0 atom stereocenters. The Morgan fingerprint density at radius 3 is 2.68 bits per heavy atom. The number of benzene rings is 1. The van der Waals surface area contributed by atoms with Crippen molar-refractivity contribution < 1.29 is 9.47 Å². The predicted octanol–water partition coefficient (Wildman–Crippen LogP) is 2.76. The summed E-state index contributed by atoms with van der Waals surface area (Å²) in [5, 5.41) is 4.49. The molecule has 1 N–H and O–H groups in total. The Hall–Kier alpha value is -1.59. The minimum absolute atomic E-state index is 0.733. The molecule has 0 saturated heterocycles. The van der Waals surface area contributed by atoms with E-state index in [2.05, 4.69) is 10.3 Å². The summed E-state index contributed by atoms with van der Waals surface area (Å²) in [6.45, 7) is 3.56. The van der Waals surface area contributed by atoms with Gasteiger partial charge in [0.1, 0.15) is 0 Å². The van der Waals surface area contributed by atoms with Crippen LogP contribution in [0.1, 0.15) is 15.4 Å². The Labute approximate surface area is 117 Å². The third kappa shape index (κ3) is 3.45. The van der Waals surface area contributed by atoms with Gasteiger partial charge in [-0.15, -0.1) is 11.3 Å². The monoisotopic (exact) mass is 278 g/mol. The van der Waals surface area contributed by atoms with E-state index in [1.54, 1.807) is 25.6 Å². The molecule has 2 rings (SSSR count). The molecule has 0 saturated carbocycles. The molecule has 2 aromatic rings. The molecule has 19 heavy (non-hydrogen) atoms. The van der Waals surface area contributed by atoms with Crippen molar-refractivity contribution in [3.05, 3.63) is 39.8 Å². The van der Waals surface area contributed by atoms with Crippen molar-refractivity contribution in [1.82, 2.24) is 10.3 Å². The number of methoxy groups -OCH3 is 2. The summed E-state index contributed by atoms with van der Waals surface area (Å²) >= 11 is 1.71. The summed E-state index contributed by atoms with van der Waals surface area (Å²) in [7, 11) is 3.31. The van der Waals surface area contributed by atoms with Crippen molar-refractivity contribution in [2.75, 3.05) is 14.2 Å². The van der Waals surface area contributed by atoms with Crippen LogP contribution in [0.2, 0.25) is 0 Å². The second-order valence-electron chi connectivity index (χ2n) is 4.10. The standard InChI is InChI=1S/C14H18N2O2S/c1-10-16-9-12(19-10)8-15-7-11-5-4-6-13(17-2)14(11)18-3/h4-6,9,15H,7-8H2,1-3H3. The first kappa shape index (κ1) is 13.8. The maximum absolute atomic E-state index is 5.40. The Morgan fingerprint density at radius 2 is 2.05 bits per heavy atom. The summed E-state index contributed by atoms with van der Waals surface area (Å²) < 4.78 is 10.7. The second kappa shape index (κ2) is 6.54. The van der Waals surface area contributed by atoms with E-state index in [-0.39, 0.29) is 0 Å². The van der Waals surface area contributed by atoms with Gasteiger partial charge < -0.3 is 14.8 Å². The fourth-order valence-corrected chi connectivity index (χ4v) is 2.66. The molecule has 0 aliphatic heterocycles. The van der Waals surface area contributed by atoms with E-state index < -0.39 is 0 Å². The second-order valence-corrected chi connectivity index (χ2v) is 5.42. The largest absolute Gasteiger partial charge is 0.493 e. The van der Waals surface area contributed by atoms with Gasteiger partial charge in [-0.2, -0.15) is 0 Å². The lowest BCUT2D eigenvalue weighted by atomic mass is 10.2. The summed E-state index contributed by atoms with van der Waals surface area (Å²) in [5.41, 5.74) is 1.09. The zero-order chi connectivity index (χ0) is 13.7. The highest BCUT2D eigenvalue weighted by molar-refractivity contribution is 7.11. The van der Waals surface area contributed by atoms with E-state index in [4.69, 9.17) is 9.47 Å². The number of nitrogens with one attached hydrogen (secondary N) is 1. The number of ether oxygens (including phenoxy) is 2. The van der Waals surface area contributed by atoms with Crippen molar-refractivity contribution >= 4 is 11.3 Å².